The van der Waals surface area contributed by atoms with Gasteiger partial charge in [0.15, 0.2) is 6.20 Å². The molecule has 0 amide bonds. The van der Waals surface area contributed by atoms with E-state index in [1.807, 2.05) is 65.2 Å². The Morgan fingerprint density at radius 1 is 1.00 bits per heavy atom. The van der Waals surface area contributed by atoms with Crippen LogP contribution in [0.1, 0.15) is 10.4 Å². The first-order valence-corrected chi connectivity index (χ1v) is 6.78. The van der Waals surface area contributed by atoms with E-state index in [1.165, 1.54) is 0 Å². The van der Waals surface area contributed by atoms with Gasteiger partial charge in [-0.2, -0.15) is 4.57 Å². The van der Waals surface area contributed by atoms with Crippen molar-refractivity contribution in [3.8, 4) is 0 Å². The molecule has 3 rings (SSSR count). The largest absolute Gasteiger partial charge is 0.287 e. The summed E-state index contributed by atoms with van der Waals surface area (Å²) < 4.78 is 1.90. The summed E-state index contributed by atoms with van der Waals surface area (Å²) in [4.78, 5) is 12.3. The van der Waals surface area contributed by atoms with Crippen molar-refractivity contribution >= 4 is 28.3 Å². The van der Waals surface area contributed by atoms with E-state index >= 15 is 0 Å². The van der Waals surface area contributed by atoms with Gasteiger partial charge in [-0.05, 0) is 12.1 Å². The number of rotatable bonds is 3. The molecule has 20 heavy (non-hydrogen) atoms. The normalized spacial score (nSPS) is 10.7. The Kier molecular flexibility index (Phi) is 3.48. The smallest absolute Gasteiger partial charge is 0.227 e. The third-order valence-corrected chi connectivity index (χ3v) is 3.44. The topological polar surface area (TPSA) is 20.9 Å². The van der Waals surface area contributed by atoms with E-state index in [9.17, 15) is 4.79 Å². The number of pyridine rings is 1. The second kappa shape index (κ2) is 5.43. The molecule has 0 atom stereocenters. The van der Waals surface area contributed by atoms with Crippen LogP contribution >= 0.6 is 11.6 Å². The van der Waals surface area contributed by atoms with Crippen LogP contribution < -0.4 is 4.57 Å². The Morgan fingerprint density at radius 3 is 2.50 bits per heavy atom. The fourth-order valence-electron chi connectivity index (χ4n) is 2.28. The van der Waals surface area contributed by atoms with Gasteiger partial charge in [0.2, 0.25) is 17.8 Å². The molecular formula is C17H13ClNO+. The Morgan fingerprint density at radius 2 is 1.70 bits per heavy atom. The first kappa shape index (κ1) is 12.8. The molecule has 0 saturated carbocycles. The number of para-hydroxylation sites is 1. The highest BCUT2D eigenvalue weighted by Crippen LogP contribution is 2.15. The van der Waals surface area contributed by atoms with Crippen LogP contribution in [0.4, 0.5) is 0 Å². The van der Waals surface area contributed by atoms with Gasteiger partial charge in [0.1, 0.15) is 5.02 Å². The van der Waals surface area contributed by atoms with Crippen molar-refractivity contribution in [2.75, 3.05) is 0 Å². The molecule has 0 aliphatic heterocycles. The third kappa shape index (κ3) is 2.56. The lowest BCUT2D eigenvalue weighted by Gasteiger charge is -2.02. The monoisotopic (exact) mass is 282 g/mol. The van der Waals surface area contributed by atoms with Crippen LogP contribution in [-0.4, -0.2) is 5.78 Å². The van der Waals surface area contributed by atoms with Crippen molar-refractivity contribution in [3.05, 3.63) is 77.4 Å². The Labute approximate surface area is 122 Å². The fraction of sp³-hybridized carbons (Fsp3) is 0.0588. The molecule has 0 radical (unpaired) electrons. The minimum Gasteiger partial charge on any atom is -0.287 e. The molecule has 0 bridgehead atoms. The molecule has 0 spiro atoms. The van der Waals surface area contributed by atoms with Crippen LogP contribution in [-0.2, 0) is 6.54 Å². The maximum Gasteiger partial charge on any atom is 0.227 e. The van der Waals surface area contributed by atoms with Crippen LogP contribution in [0.3, 0.4) is 0 Å². The molecule has 3 aromatic rings. The maximum absolute atomic E-state index is 12.3. The number of aromatic nitrogens is 1. The molecular weight excluding hydrogens is 270 g/mol. The maximum atomic E-state index is 12.3. The molecule has 0 aliphatic rings. The zero-order valence-electron chi connectivity index (χ0n) is 10.8. The second-order valence-corrected chi connectivity index (χ2v) is 5.07. The molecule has 0 aliphatic carbocycles. The summed E-state index contributed by atoms with van der Waals surface area (Å²) in [6.45, 7) is 0.283. The van der Waals surface area contributed by atoms with E-state index < -0.39 is 0 Å². The number of Topliss-reactive ketones (excluding diaryl/α,β-unsaturated/α-hetero) is 1. The number of hydrogen-bond acceptors (Lipinski definition) is 1. The van der Waals surface area contributed by atoms with Gasteiger partial charge in [-0.15, -0.1) is 0 Å². The van der Waals surface area contributed by atoms with E-state index in [0.29, 0.717) is 10.6 Å². The number of ketones is 1. The summed E-state index contributed by atoms with van der Waals surface area (Å²) in [5, 5.41) is 1.66. The van der Waals surface area contributed by atoms with E-state index in [0.717, 1.165) is 10.9 Å². The van der Waals surface area contributed by atoms with Gasteiger partial charge in [-0.1, -0.05) is 54.1 Å². The van der Waals surface area contributed by atoms with Crippen molar-refractivity contribution in [2.45, 2.75) is 6.54 Å². The molecule has 1 heterocycles. The SMILES string of the molecule is O=C(C[n+]1cc(Cl)cc2ccccc21)c1ccccc1. The van der Waals surface area contributed by atoms with E-state index in [4.69, 9.17) is 11.6 Å². The molecule has 2 aromatic carbocycles. The lowest BCUT2D eigenvalue weighted by molar-refractivity contribution is -0.657. The summed E-state index contributed by atoms with van der Waals surface area (Å²) in [5.41, 5.74) is 1.71. The summed E-state index contributed by atoms with van der Waals surface area (Å²) >= 11 is 6.12. The predicted molar refractivity (Wildman–Crippen MR) is 79.9 cm³/mol. The van der Waals surface area contributed by atoms with Gasteiger partial charge in [0.25, 0.3) is 0 Å². The average Bonchev–Trinajstić information content (AvgIpc) is 2.48. The number of halogens is 1. The van der Waals surface area contributed by atoms with E-state index in [2.05, 4.69) is 0 Å². The number of fused-ring (bicyclic) bond motifs is 1. The molecule has 0 unspecified atom stereocenters. The Hall–Kier alpha value is -2.19. The first-order valence-electron chi connectivity index (χ1n) is 6.40. The second-order valence-electron chi connectivity index (χ2n) is 4.63. The highest BCUT2D eigenvalue weighted by atomic mass is 35.5. The molecule has 3 heteroatoms. The van der Waals surface area contributed by atoms with Gasteiger partial charge in [0.05, 0.1) is 0 Å². The summed E-state index contributed by atoms with van der Waals surface area (Å²) in [6.07, 6.45) is 1.80. The van der Waals surface area contributed by atoms with Crippen molar-refractivity contribution in [1.29, 1.82) is 0 Å². The standard InChI is InChI=1S/C17H13ClNO/c18-15-10-14-8-4-5-9-16(14)19(11-15)12-17(20)13-6-2-1-3-7-13/h1-11H,12H2/q+1. The van der Waals surface area contributed by atoms with Crippen LogP contribution in [0.15, 0.2) is 66.9 Å². The number of hydrogen-bond donors (Lipinski definition) is 0. The van der Waals surface area contributed by atoms with Crippen molar-refractivity contribution in [1.82, 2.24) is 0 Å². The van der Waals surface area contributed by atoms with Gasteiger partial charge in [-0.25, -0.2) is 0 Å². The van der Waals surface area contributed by atoms with Gasteiger partial charge >= 0.3 is 0 Å². The lowest BCUT2D eigenvalue weighted by atomic mass is 10.1. The highest BCUT2D eigenvalue weighted by Gasteiger charge is 2.16. The zero-order valence-corrected chi connectivity index (χ0v) is 11.5. The number of benzene rings is 2. The molecule has 0 fully saturated rings. The zero-order chi connectivity index (χ0) is 13.9. The van der Waals surface area contributed by atoms with Crippen LogP contribution in [0.25, 0.3) is 10.9 Å². The van der Waals surface area contributed by atoms with E-state index in [1.54, 1.807) is 6.20 Å². The van der Waals surface area contributed by atoms with Gasteiger partial charge < -0.3 is 0 Å². The van der Waals surface area contributed by atoms with E-state index in [-0.39, 0.29) is 12.3 Å². The summed E-state index contributed by atoms with van der Waals surface area (Å²) in [5.74, 6) is 0.0722. The van der Waals surface area contributed by atoms with Crippen LogP contribution in [0.5, 0.6) is 0 Å². The quantitative estimate of drug-likeness (QED) is 0.530. The Balaban J connectivity index is 2.01. The van der Waals surface area contributed by atoms with Crippen molar-refractivity contribution in [2.24, 2.45) is 0 Å². The van der Waals surface area contributed by atoms with Gasteiger partial charge in [-0.3, -0.25) is 4.79 Å². The Bertz CT molecular complexity index is 768. The van der Waals surface area contributed by atoms with Crippen molar-refractivity contribution < 1.29 is 9.36 Å². The molecule has 1 aromatic heterocycles. The summed E-state index contributed by atoms with van der Waals surface area (Å²) in [7, 11) is 0. The van der Waals surface area contributed by atoms with Crippen molar-refractivity contribution in [3.63, 3.8) is 0 Å². The predicted octanol–water partition coefficient (Wildman–Crippen LogP) is 3.66. The third-order valence-electron chi connectivity index (χ3n) is 3.23. The van der Waals surface area contributed by atoms with Gasteiger partial charge in [0, 0.05) is 17.0 Å². The molecule has 0 N–H and O–H groups in total. The highest BCUT2D eigenvalue weighted by molar-refractivity contribution is 6.30. The number of carbonyl (C=O) groups excluding carboxylic acids is 1. The minimum absolute atomic E-state index is 0.0722. The van der Waals surface area contributed by atoms with Crippen LogP contribution in [0.2, 0.25) is 5.02 Å². The molecule has 2 nitrogen and oxygen atoms in total. The number of nitrogens with zero attached hydrogens (tertiary/aromatic N) is 1. The molecule has 0 saturated heterocycles. The average molecular weight is 283 g/mol. The molecule has 98 valence electrons. The first-order chi connectivity index (χ1) is 9.74. The fourth-order valence-corrected chi connectivity index (χ4v) is 2.51. The lowest BCUT2D eigenvalue weighted by Crippen LogP contribution is -2.38. The minimum atomic E-state index is 0.0722. The van der Waals surface area contributed by atoms with Crippen LogP contribution in [0, 0.1) is 0 Å². The summed E-state index contributed by atoms with van der Waals surface area (Å²) in [6, 6.07) is 19.1. The number of carbonyl (C=O) groups is 1.